The van der Waals surface area contributed by atoms with E-state index in [1.165, 1.54) is 0 Å². The van der Waals surface area contributed by atoms with Gasteiger partial charge in [-0.3, -0.25) is 4.68 Å². The van der Waals surface area contributed by atoms with Crippen molar-refractivity contribution in [3.63, 3.8) is 0 Å². The summed E-state index contributed by atoms with van der Waals surface area (Å²) in [6.07, 6.45) is 4.31. The Morgan fingerprint density at radius 3 is 3.00 bits per heavy atom. The number of nitrogens with one attached hydrogen (secondary N) is 1. The number of carbonyl (C=O) groups excluding carboxylic acids is 1. The molecule has 0 bridgehead atoms. The van der Waals surface area contributed by atoms with Gasteiger partial charge in [-0.05, 0) is 25.1 Å². The summed E-state index contributed by atoms with van der Waals surface area (Å²) in [6.45, 7) is 2.78. The van der Waals surface area contributed by atoms with Gasteiger partial charge in [0.2, 0.25) is 0 Å². The Labute approximate surface area is 117 Å². The van der Waals surface area contributed by atoms with Crippen LogP contribution in [0.3, 0.4) is 0 Å². The normalized spacial score (nSPS) is 10.3. The number of anilines is 1. The van der Waals surface area contributed by atoms with Gasteiger partial charge in [-0.25, -0.2) is 9.78 Å². The van der Waals surface area contributed by atoms with E-state index >= 15 is 0 Å². The third-order valence-electron chi connectivity index (χ3n) is 2.75. The van der Waals surface area contributed by atoms with Gasteiger partial charge in [-0.15, -0.1) is 0 Å². The van der Waals surface area contributed by atoms with E-state index in [0.717, 1.165) is 12.1 Å². The van der Waals surface area contributed by atoms with Gasteiger partial charge in [0, 0.05) is 32.4 Å². The minimum absolute atomic E-state index is 0.348. The number of rotatable bonds is 6. The molecule has 2 heterocycles. The van der Waals surface area contributed by atoms with E-state index in [1.54, 1.807) is 29.9 Å². The molecule has 0 saturated carbocycles. The molecule has 20 heavy (non-hydrogen) atoms. The van der Waals surface area contributed by atoms with Gasteiger partial charge in [0.05, 0.1) is 12.3 Å². The molecule has 0 spiro atoms. The fourth-order valence-electron chi connectivity index (χ4n) is 1.83. The Kier molecular flexibility index (Phi) is 4.70. The van der Waals surface area contributed by atoms with Crippen molar-refractivity contribution in [3.05, 3.63) is 41.9 Å². The van der Waals surface area contributed by atoms with E-state index in [4.69, 9.17) is 4.74 Å². The zero-order chi connectivity index (χ0) is 14.4. The highest BCUT2D eigenvalue weighted by atomic mass is 16.5. The zero-order valence-corrected chi connectivity index (χ0v) is 11.7. The van der Waals surface area contributed by atoms with Crippen molar-refractivity contribution >= 4 is 11.8 Å². The number of nitrogens with zero attached hydrogens (tertiary/aromatic N) is 3. The molecule has 0 atom stereocenters. The number of ether oxygens (including phenoxy) is 1. The standard InChI is InChI=1S/C14H18N4O2/c1-3-20-14(19)12-5-4-8-15-13(12)16-9-6-11-7-10-18(2)17-11/h4-5,7-8,10H,3,6,9H2,1-2H3,(H,15,16). The van der Waals surface area contributed by atoms with Crippen LogP contribution < -0.4 is 5.32 Å². The van der Waals surface area contributed by atoms with E-state index < -0.39 is 0 Å². The van der Waals surface area contributed by atoms with E-state index in [1.807, 2.05) is 19.3 Å². The largest absolute Gasteiger partial charge is 0.462 e. The maximum absolute atomic E-state index is 11.8. The van der Waals surface area contributed by atoms with Gasteiger partial charge in [-0.1, -0.05) is 0 Å². The lowest BCUT2D eigenvalue weighted by Gasteiger charge is -2.09. The molecular formula is C14H18N4O2. The first-order valence-corrected chi connectivity index (χ1v) is 6.55. The van der Waals surface area contributed by atoms with E-state index in [2.05, 4.69) is 15.4 Å². The molecular weight excluding hydrogens is 256 g/mol. The molecule has 106 valence electrons. The number of hydrogen-bond acceptors (Lipinski definition) is 5. The van der Waals surface area contributed by atoms with E-state index in [9.17, 15) is 4.79 Å². The van der Waals surface area contributed by atoms with Crippen LogP contribution in [0.4, 0.5) is 5.82 Å². The van der Waals surface area contributed by atoms with Crippen molar-refractivity contribution < 1.29 is 9.53 Å². The van der Waals surface area contributed by atoms with Crippen molar-refractivity contribution in [2.45, 2.75) is 13.3 Å². The topological polar surface area (TPSA) is 69.0 Å². The molecule has 2 aromatic rings. The maximum atomic E-state index is 11.8. The van der Waals surface area contributed by atoms with Gasteiger partial charge >= 0.3 is 5.97 Å². The summed E-state index contributed by atoms with van der Waals surface area (Å²) in [6, 6.07) is 5.39. The van der Waals surface area contributed by atoms with E-state index in [-0.39, 0.29) is 5.97 Å². The van der Waals surface area contributed by atoms with Gasteiger partial charge in [0.25, 0.3) is 0 Å². The van der Waals surface area contributed by atoms with Crippen LogP contribution in [0.2, 0.25) is 0 Å². The number of aryl methyl sites for hydroxylation is 1. The average Bonchev–Trinajstić information content (AvgIpc) is 2.85. The van der Waals surface area contributed by atoms with Gasteiger partial charge in [0.1, 0.15) is 11.4 Å². The van der Waals surface area contributed by atoms with Crippen molar-refractivity contribution in [2.24, 2.45) is 7.05 Å². The number of esters is 1. The molecule has 6 nitrogen and oxygen atoms in total. The van der Waals surface area contributed by atoms with Crippen LogP contribution in [-0.4, -0.2) is 33.9 Å². The predicted octanol–water partition coefficient (Wildman–Crippen LogP) is 1.65. The molecule has 0 radical (unpaired) electrons. The monoisotopic (exact) mass is 274 g/mol. The Balaban J connectivity index is 1.97. The van der Waals surface area contributed by atoms with Crippen LogP contribution in [-0.2, 0) is 18.2 Å². The molecule has 0 fully saturated rings. The highest BCUT2D eigenvalue weighted by molar-refractivity contribution is 5.94. The molecule has 0 aromatic carbocycles. The van der Waals surface area contributed by atoms with Gasteiger partial charge in [-0.2, -0.15) is 5.10 Å². The fraction of sp³-hybridized carbons (Fsp3) is 0.357. The van der Waals surface area contributed by atoms with Crippen molar-refractivity contribution in [2.75, 3.05) is 18.5 Å². The van der Waals surface area contributed by atoms with Crippen LogP contribution in [0.1, 0.15) is 23.0 Å². The SMILES string of the molecule is CCOC(=O)c1cccnc1NCCc1ccn(C)n1. The predicted molar refractivity (Wildman–Crippen MR) is 75.6 cm³/mol. The molecule has 6 heteroatoms. The highest BCUT2D eigenvalue weighted by Gasteiger charge is 2.12. The van der Waals surface area contributed by atoms with Gasteiger partial charge in [0.15, 0.2) is 0 Å². The van der Waals surface area contributed by atoms with Crippen LogP contribution in [0, 0.1) is 0 Å². The summed E-state index contributed by atoms with van der Waals surface area (Å²) in [5, 5.41) is 7.44. The smallest absolute Gasteiger partial charge is 0.341 e. The highest BCUT2D eigenvalue weighted by Crippen LogP contribution is 2.12. The first kappa shape index (κ1) is 14.0. The Morgan fingerprint density at radius 2 is 2.30 bits per heavy atom. The molecule has 0 aliphatic heterocycles. The van der Waals surface area contributed by atoms with Crippen LogP contribution in [0.15, 0.2) is 30.6 Å². The second kappa shape index (κ2) is 6.70. The maximum Gasteiger partial charge on any atom is 0.341 e. The summed E-state index contributed by atoms with van der Waals surface area (Å²) in [7, 11) is 1.88. The quantitative estimate of drug-likeness (QED) is 0.811. The zero-order valence-electron chi connectivity index (χ0n) is 11.7. The summed E-state index contributed by atoms with van der Waals surface area (Å²) < 4.78 is 6.77. The first-order valence-electron chi connectivity index (χ1n) is 6.55. The molecule has 0 unspecified atom stereocenters. The molecule has 2 aromatic heterocycles. The lowest BCUT2D eigenvalue weighted by molar-refractivity contribution is 0.0527. The molecule has 0 aliphatic rings. The van der Waals surface area contributed by atoms with Crippen molar-refractivity contribution in [3.8, 4) is 0 Å². The van der Waals surface area contributed by atoms with Crippen LogP contribution in [0.5, 0.6) is 0 Å². The van der Waals surface area contributed by atoms with E-state index in [0.29, 0.717) is 24.5 Å². The number of carbonyl (C=O) groups is 1. The molecule has 2 rings (SSSR count). The van der Waals surface area contributed by atoms with Crippen molar-refractivity contribution in [1.82, 2.24) is 14.8 Å². The second-order valence-corrected chi connectivity index (χ2v) is 4.28. The first-order chi connectivity index (χ1) is 9.70. The molecule has 0 amide bonds. The summed E-state index contributed by atoms with van der Waals surface area (Å²) >= 11 is 0. The van der Waals surface area contributed by atoms with Crippen LogP contribution >= 0.6 is 0 Å². The molecule has 1 N–H and O–H groups in total. The number of aromatic nitrogens is 3. The fourth-order valence-corrected chi connectivity index (χ4v) is 1.83. The third-order valence-corrected chi connectivity index (χ3v) is 2.75. The Bertz CT molecular complexity index is 580. The van der Waals surface area contributed by atoms with Crippen LogP contribution in [0.25, 0.3) is 0 Å². The Hall–Kier alpha value is -2.37. The Morgan fingerprint density at radius 1 is 1.45 bits per heavy atom. The lowest BCUT2D eigenvalue weighted by atomic mass is 10.2. The molecule has 0 aliphatic carbocycles. The minimum atomic E-state index is -0.360. The molecule has 0 saturated heterocycles. The summed E-state index contributed by atoms with van der Waals surface area (Å²) in [5.41, 5.74) is 1.45. The summed E-state index contributed by atoms with van der Waals surface area (Å²) in [4.78, 5) is 16.0. The van der Waals surface area contributed by atoms with Crippen molar-refractivity contribution in [1.29, 1.82) is 0 Å². The second-order valence-electron chi connectivity index (χ2n) is 4.28. The summed E-state index contributed by atoms with van der Waals surface area (Å²) in [5.74, 6) is 0.183. The third kappa shape index (κ3) is 3.57. The van der Waals surface area contributed by atoms with Gasteiger partial charge < -0.3 is 10.1 Å². The minimum Gasteiger partial charge on any atom is -0.462 e. The number of hydrogen-bond donors (Lipinski definition) is 1. The average molecular weight is 274 g/mol. The number of pyridine rings is 1. The lowest BCUT2D eigenvalue weighted by Crippen LogP contribution is -2.13.